The minimum absolute atomic E-state index is 0.0447. The summed E-state index contributed by atoms with van der Waals surface area (Å²) in [6.07, 6.45) is 9.18. The van der Waals surface area contributed by atoms with E-state index in [1.165, 1.54) is 0 Å². The van der Waals surface area contributed by atoms with Crippen LogP contribution in [0.1, 0.15) is 171 Å². The summed E-state index contributed by atoms with van der Waals surface area (Å²) in [5.41, 5.74) is 7.05. The maximum atomic E-state index is 16.3. The summed E-state index contributed by atoms with van der Waals surface area (Å²) in [4.78, 5) is 71.5. The molecule has 2 aliphatic carbocycles. The molecule has 2 unspecified atom stereocenters. The van der Waals surface area contributed by atoms with E-state index in [2.05, 4.69) is 107 Å². The number of carbonyl (C=O) groups excluding carboxylic acids is 4. The van der Waals surface area contributed by atoms with E-state index >= 15 is 19.2 Å². The predicted octanol–water partition coefficient (Wildman–Crippen LogP) is 12.5. The first kappa shape index (κ1) is 48.8. The first-order valence-electron chi connectivity index (χ1n) is 25.7. The molecule has 5 amide bonds. The predicted molar refractivity (Wildman–Crippen MR) is 277 cm³/mol. The number of nitrogens with zero attached hydrogens (tertiary/aromatic N) is 4. The third kappa shape index (κ3) is 9.41. The van der Waals surface area contributed by atoms with Crippen LogP contribution in [-0.2, 0) is 14.4 Å². The highest BCUT2D eigenvalue weighted by Gasteiger charge is 2.58. The number of hydrogen-bond acceptors (Lipinski definition) is 5. The van der Waals surface area contributed by atoms with Gasteiger partial charge < -0.3 is 25.3 Å². The van der Waals surface area contributed by atoms with Crippen molar-refractivity contribution < 1.29 is 19.2 Å². The van der Waals surface area contributed by atoms with Gasteiger partial charge in [-0.05, 0) is 103 Å². The van der Waals surface area contributed by atoms with Gasteiger partial charge in [0.1, 0.15) is 12.1 Å². The standard InChI is InChI=1S/C58H76N6O4/c1-38(2)45-23-19-24-46(39(3)4)50(45)59-54(66)52(61-36-57(31-15-11-16-32-57)63(35-49(61)65)43-21-13-10-14-22-43)53(55(67)60-51-47(40(5)6)25-20-26-48(51)41(7)8)62-37-58(33-17-12-18-34-58)64(56(62)68)44-29-27-42(9)28-30-44/h10,13-14,19-30,38-41,52-53H,11-12,15-18,31-37H2,1-9H3,(H,59,66)(H,60,67). The van der Waals surface area contributed by atoms with Crippen LogP contribution in [0.4, 0.5) is 27.5 Å². The third-order valence-corrected chi connectivity index (χ3v) is 15.7. The number of hydrogen-bond donors (Lipinski definition) is 2. The summed E-state index contributed by atoms with van der Waals surface area (Å²) >= 11 is 0. The molecule has 4 aliphatic rings. The topological polar surface area (TPSA) is 105 Å². The highest BCUT2D eigenvalue weighted by molar-refractivity contribution is 6.09. The van der Waals surface area contributed by atoms with Crippen LogP contribution in [0.5, 0.6) is 0 Å². The van der Waals surface area contributed by atoms with Crippen molar-refractivity contribution in [1.29, 1.82) is 0 Å². The van der Waals surface area contributed by atoms with Gasteiger partial charge in [-0.15, -0.1) is 0 Å². The van der Waals surface area contributed by atoms with E-state index in [0.717, 1.165) is 103 Å². The first-order chi connectivity index (χ1) is 32.6. The van der Waals surface area contributed by atoms with Gasteiger partial charge in [0.15, 0.2) is 0 Å². The second-order valence-corrected chi connectivity index (χ2v) is 21.7. The van der Waals surface area contributed by atoms with Gasteiger partial charge in [0, 0.05) is 35.8 Å². The quantitative estimate of drug-likeness (QED) is 0.139. The van der Waals surface area contributed by atoms with Crippen LogP contribution < -0.4 is 20.4 Å². The zero-order valence-electron chi connectivity index (χ0n) is 42.2. The van der Waals surface area contributed by atoms with Gasteiger partial charge in [-0.2, -0.15) is 0 Å². The molecule has 2 N–H and O–H groups in total. The highest BCUT2D eigenvalue weighted by Crippen LogP contribution is 2.46. The molecule has 4 aromatic carbocycles. The number of rotatable bonds is 13. The van der Waals surface area contributed by atoms with Crippen LogP contribution in [0.15, 0.2) is 91.0 Å². The lowest BCUT2D eigenvalue weighted by Crippen LogP contribution is -2.72. The number of piperazine rings is 1. The Hall–Kier alpha value is -5.64. The fraction of sp³-hybridized carbons (Fsp3) is 0.517. The second kappa shape index (κ2) is 20.1. The summed E-state index contributed by atoms with van der Waals surface area (Å²) in [7, 11) is 0. The molecular weight excluding hydrogens is 845 g/mol. The van der Waals surface area contributed by atoms with Crippen molar-refractivity contribution >= 4 is 46.5 Å². The van der Waals surface area contributed by atoms with Gasteiger partial charge in [0.05, 0.1) is 17.6 Å². The lowest BCUT2D eigenvalue weighted by atomic mass is 9.77. The van der Waals surface area contributed by atoms with Crippen molar-refractivity contribution in [2.45, 2.75) is 173 Å². The summed E-state index contributed by atoms with van der Waals surface area (Å²) in [6, 6.07) is 27.5. The molecule has 2 saturated heterocycles. The van der Waals surface area contributed by atoms with Crippen molar-refractivity contribution in [3.8, 4) is 0 Å². The van der Waals surface area contributed by atoms with E-state index in [4.69, 9.17) is 0 Å². The van der Waals surface area contributed by atoms with Crippen LogP contribution in [0.3, 0.4) is 0 Å². The van der Waals surface area contributed by atoms with Gasteiger partial charge in [-0.25, -0.2) is 4.79 Å². The number of urea groups is 1. The summed E-state index contributed by atoms with van der Waals surface area (Å²) in [6.45, 7) is 19.5. The average molecular weight is 921 g/mol. The number of benzene rings is 4. The smallest absolute Gasteiger partial charge is 0.325 e. The molecule has 8 rings (SSSR count). The maximum Gasteiger partial charge on any atom is 0.325 e. The Kier molecular flexibility index (Phi) is 14.5. The SMILES string of the molecule is Cc1ccc(N2C(=O)N(C(C(=O)Nc3c(C(C)C)cccc3C(C)C)C(C(=O)Nc3c(C(C)C)cccc3C(C)C)N3CC4(CCCCC4)N(c4ccccc4)CC3=O)CC23CCCCC3)cc1. The number of para-hydroxylation sites is 3. The Morgan fingerprint density at radius 3 is 1.38 bits per heavy atom. The number of anilines is 4. The lowest BCUT2D eigenvalue weighted by Gasteiger charge is -2.55. The molecule has 10 nitrogen and oxygen atoms in total. The van der Waals surface area contributed by atoms with Crippen molar-refractivity contribution in [3.63, 3.8) is 0 Å². The van der Waals surface area contributed by atoms with E-state index in [1.54, 1.807) is 9.80 Å². The van der Waals surface area contributed by atoms with Crippen LogP contribution in [0.25, 0.3) is 0 Å². The molecule has 10 heteroatoms. The molecule has 362 valence electrons. The number of amides is 5. The third-order valence-electron chi connectivity index (χ3n) is 15.7. The molecule has 2 spiro atoms. The molecule has 2 saturated carbocycles. The van der Waals surface area contributed by atoms with Crippen LogP contribution in [0.2, 0.25) is 0 Å². The van der Waals surface area contributed by atoms with Gasteiger partial charge >= 0.3 is 6.03 Å². The Morgan fingerprint density at radius 1 is 0.500 bits per heavy atom. The van der Waals surface area contributed by atoms with Crippen molar-refractivity contribution in [2.75, 3.05) is 40.1 Å². The molecule has 2 aliphatic heterocycles. The van der Waals surface area contributed by atoms with Crippen LogP contribution in [-0.4, -0.2) is 76.3 Å². The summed E-state index contributed by atoms with van der Waals surface area (Å²) in [5, 5.41) is 6.86. The van der Waals surface area contributed by atoms with Crippen LogP contribution >= 0.6 is 0 Å². The summed E-state index contributed by atoms with van der Waals surface area (Å²) in [5.74, 6) is -0.907. The fourth-order valence-electron chi connectivity index (χ4n) is 12.1. The monoisotopic (exact) mass is 921 g/mol. The largest absolute Gasteiger partial charge is 0.355 e. The van der Waals surface area contributed by atoms with Gasteiger partial charge in [0.25, 0.3) is 0 Å². The zero-order valence-corrected chi connectivity index (χ0v) is 42.2. The van der Waals surface area contributed by atoms with Gasteiger partial charge in [0.2, 0.25) is 17.7 Å². The molecule has 0 bridgehead atoms. The van der Waals surface area contributed by atoms with Crippen molar-refractivity contribution in [1.82, 2.24) is 9.80 Å². The van der Waals surface area contributed by atoms with E-state index in [-0.39, 0.29) is 55.2 Å². The number of aryl methyl sites for hydroxylation is 1. The van der Waals surface area contributed by atoms with Crippen molar-refractivity contribution in [3.05, 3.63) is 119 Å². The van der Waals surface area contributed by atoms with Gasteiger partial charge in [-0.3, -0.25) is 19.3 Å². The molecule has 68 heavy (non-hydrogen) atoms. The highest BCUT2D eigenvalue weighted by atomic mass is 16.2. The van der Waals surface area contributed by atoms with E-state index in [1.807, 2.05) is 66.4 Å². The molecule has 0 radical (unpaired) electrons. The Morgan fingerprint density at radius 2 is 0.926 bits per heavy atom. The Balaban J connectivity index is 1.35. The molecule has 0 aromatic heterocycles. The number of carbonyl (C=O) groups is 4. The minimum atomic E-state index is -1.39. The minimum Gasteiger partial charge on any atom is -0.355 e. The first-order valence-corrected chi connectivity index (χ1v) is 25.7. The molecule has 2 atom stereocenters. The fourth-order valence-corrected chi connectivity index (χ4v) is 12.1. The zero-order chi connectivity index (χ0) is 48.5. The normalized spacial score (nSPS) is 19.2. The van der Waals surface area contributed by atoms with Crippen molar-refractivity contribution in [2.24, 2.45) is 0 Å². The van der Waals surface area contributed by atoms with E-state index in [0.29, 0.717) is 11.4 Å². The Bertz CT molecular complexity index is 2400. The Labute approximate surface area is 406 Å². The van der Waals surface area contributed by atoms with Gasteiger partial charge in [-0.1, -0.05) is 166 Å². The van der Waals surface area contributed by atoms with E-state index in [9.17, 15) is 0 Å². The summed E-state index contributed by atoms with van der Waals surface area (Å²) < 4.78 is 0. The second-order valence-electron chi connectivity index (χ2n) is 21.7. The lowest BCUT2D eigenvalue weighted by molar-refractivity contribution is -0.146. The van der Waals surface area contributed by atoms with E-state index < -0.39 is 35.0 Å². The number of nitrogens with one attached hydrogen (secondary N) is 2. The maximum absolute atomic E-state index is 16.3. The molecule has 2 heterocycles. The molecule has 4 aromatic rings. The average Bonchev–Trinajstić information content (AvgIpc) is 3.58. The molecular formula is C58H76N6O4. The molecule has 4 fully saturated rings. The van der Waals surface area contributed by atoms with Crippen LogP contribution in [0, 0.1) is 6.92 Å².